The molecule has 0 aliphatic carbocycles. The third kappa shape index (κ3) is 3.40. The maximum Gasteiger partial charge on any atom is 0.278 e. The molecule has 2 N–H and O–H groups in total. The lowest BCUT2D eigenvalue weighted by molar-refractivity contribution is -0.126. The van der Waals surface area contributed by atoms with Crippen LogP contribution in [-0.2, 0) is 9.59 Å². The molecule has 1 aromatic heterocycles. The molecular weight excluding hydrogens is 308 g/mol. The zero-order valence-electron chi connectivity index (χ0n) is 12.8. The highest BCUT2D eigenvalue weighted by Crippen LogP contribution is 2.14. The number of anilines is 1. The molecule has 0 saturated carbocycles. The molecule has 24 heavy (non-hydrogen) atoms. The molecule has 3 rings (SSSR count). The highest BCUT2D eigenvalue weighted by atomic mass is 16.2. The first kappa shape index (κ1) is 15.7. The van der Waals surface area contributed by atoms with E-state index in [1.165, 1.54) is 6.20 Å². The number of carbonyl (C=O) groups excluding carboxylic acids is 3. The summed E-state index contributed by atoms with van der Waals surface area (Å²) in [6, 6.07) is 13.7. The minimum atomic E-state index is -0.507. The molecule has 0 spiro atoms. The first-order chi connectivity index (χ1) is 11.6. The third-order valence-corrected chi connectivity index (χ3v) is 3.67. The van der Waals surface area contributed by atoms with E-state index in [1.807, 2.05) is 0 Å². The van der Waals surface area contributed by atoms with Crippen molar-refractivity contribution in [3.05, 3.63) is 60.3 Å². The van der Waals surface area contributed by atoms with Gasteiger partial charge in [0.25, 0.3) is 5.91 Å². The summed E-state index contributed by atoms with van der Waals surface area (Å²) in [5.74, 6) is -1.18. The summed E-state index contributed by atoms with van der Waals surface area (Å²) in [5.41, 5.74) is 3.00. The lowest BCUT2D eigenvalue weighted by Gasteiger charge is -2.23. The van der Waals surface area contributed by atoms with Gasteiger partial charge in [0.15, 0.2) is 5.82 Å². The van der Waals surface area contributed by atoms with Crippen LogP contribution in [0.15, 0.2) is 54.7 Å². The van der Waals surface area contributed by atoms with Gasteiger partial charge in [-0.15, -0.1) is 0 Å². The molecule has 1 aliphatic heterocycles. The van der Waals surface area contributed by atoms with Gasteiger partial charge in [-0.25, -0.2) is 4.98 Å². The number of hydrazine groups is 1. The number of nitrogens with one attached hydrogen (secondary N) is 2. The zero-order chi connectivity index (χ0) is 16.9. The fourth-order valence-electron chi connectivity index (χ4n) is 2.40. The summed E-state index contributed by atoms with van der Waals surface area (Å²) in [6.07, 6.45) is 1.65. The van der Waals surface area contributed by atoms with Gasteiger partial charge in [-0.05, 0) is 24.3 Å². The molecular formula is C17H16N4O3. The standard InChI is InChI=1S/C17H16N4O3/c22-15-10-13(11-19-15)16(23)20-21(14-8-4-5-9-18-14)17(24)12-6-2-1-3-7-12/h1-9,13H,10-11H2,(H,19,22)(H,20,23). The molecule has 7 heteroatoms. The Morgan fingerprint density at radius 1 is 1.12 bits per heavy atom. The van der Waals surface area contributed by atoms with Gasteiger partial charge in [-0.1, -0.05) is 24.3 Å². The summed E-state index contributed by atoms with van der Waals surface area (Å²) in [4.78, 5) is 40.5. The van der Waals surface area contributed by atoms with Gasteiger partial charge in [0.2, 0.25) is 11.8 Å². The number of amides is 3. The summed E-state index contributed by atoms with van der Waals surface area (Å²) < 4.78 is 0. The smallest absolute Gasteiger partial charge is 0.278 e. The maximum atomic E-state index is 12.7. The maximum absolute atomic E-state index is 12.7. The lowest BCUT2D eigenvalue weighted by atomic mass is 10.1. The molecule has 1 fully saturated rings. The van der Waals surface area contributed by atoms with Crippen LogP contribution >= 0.6 is 0 Å². The molecule has 1 saturated heterocycles. The van der Waals surface area contributed by atoms with Crippen LogP contribution in [0.3, 0.4) is 0 Å². The van der Waals surface area contributed by atoms with E-state index in [1.54, 1.807) is 48.5 Å². The first-order valence-electron chi connectivity index (χ1n) is 7.53. The second kappa shape index (κ2) is 6.91. The third-order valence-electron chi connectivity index (χ3n) is 3.67. The van der Waals surface area contributed by atoms with Crippen molar-refractivity contribution in [1.82, 2.24) is 15.7 Å². The highest BCUT2D eigenvalue weighted by molar-refractivity contribution is 6.07. The van der Waals surface area contributed by atoms with Gasteiger partial charge >= 0.3 is 0 Å². The topological polar surface area (TPSA) is 91.4 Å². The van der Waals surface area contributed by atoms with Crippen LogP contribution in [0.1, 0.15) is 16.8 Å². The molecule has 1 aliphatic rings. The molecule has 1 aromatic carbocycles. The first-order valence-corrected chi connectivity index (χ1v) is 7.53. The van der Waals surface area contributed by atoms with E-state index < -0.39 is 17.7 Å². The summed E-state index contributed by atoms with van der Waals surface area (Å²) >= 11 is 0. The van der Waals surface area contributed by atoms with Crippen molar-refractivity contribution in [3.63, 3.8) is 0 Å². The normalized spacial score (nSPS) is 16.3. The SMILES string of the molecule is O=C1CC(C(=O)NN(C(=O)c2ccccc2)c2ccccn2)CN1. The van der Waals surface area contributed by atoms with Gasteiger partial charge < -0.3 is 5.32 Å². The molecule has 2 heterocycles. The van der Waals surface area contributed by atoms with Crippen molar-refractivity contribution in [2.45, 2.75) is 6.42 Å². The fourth-order valence-corrected chi connectivity index (χ4v) is 2.40. The van der Waals surface area contributed by atoms with E-state index >= 15 is 0 Å². The van der Waals surface area contributed by atoms with E-state index in [-0.39, 0.29) is 18.9 Å². The number of hydrogen-bond acceptors (Lipinski definition) is 4. The molecule has 0 radical (unpaired) electrons. The molecule has 122 valence electrons. The van der Waals surface area contributed by atoms with Crippen molar-refractivity contribution in [2.75, 3.05) is 11.6 Å². The number of nitrogens with zero attached hydrogens (tertiary/aromatic N) is 2. The summed E-state index contributed by atoms with van der Waals surface area (Å²) in [6.45, 7) is 0.264. The van der Waals surface area contributed by atoms with Crippen molar-refractivity contribution >= 4 is 23.5 Å². The second-order valence-electron chi connectivity index (χ2n) is 5.38. The minimum Gasteiger partial charge on any atom is -0.355 e. The average Bonchev–Trinajstić information content (AvgIpc) is 3.07. The Hall–Kier alpha value is -3.22. The summed E-state index contributed by atoms with van der Waals surface area (Å²) in [5, 5.41) is 3.72. The van der Waals surface area contributed by atoms with Crippen molar-refractivity contribution in [3.8, 4) is 0 Å². The van der Waals surface area contributed by atoms with E-state index in [0.717, 1.165) is 5.01 Å². The fraction of sp³-hybridized carbons (Fsp3) is 0.176. The Balaban J connectivity index is 1.84. The van der Waals surface area contributed by atoms with Crippen molar-refractivity contribution in [2.24, 2.45) is 5.92 Å². The Labute approximate surface area is 138 Å². The van der Waals surface area contributed by atoms with Crippen molar-refractivity contribution in [1.29, 1.82) is 0 Å². The van der Waals surface area contributed by atoms with Crippen LogP contribution in [0.5, 0.6) is 0 Å². The number of pyridine rings is 1. The van der Waals surface area contributed by atoms with E-state index in [9.17, 15) is 14.4 Å². The summed E-state index contributed by atoms with van der Waals surface area (Å²) in [7, 11) is 0. The molecule has 2 aromatic rings. The number of aromatic nitrogens is 1. The average molecular weight is 324 g/mol. The molecule has 1 atom stereocenters. The predicted octanol–water partition coefficient (Wildman–Crippen LogP) is 0.896. The van der Waals surface area contributed by atoms with Crippen molar-refractivity contribution < 1.29 is 14.4 Å². The minimum absolute atomic E-state index is 0.113. The van der Waals surface area contributed by atoms with E-state index in [4.69, 9.17) is 0 Å². The molecule has 1 unspecified atom stereocenters. The number of rotatable bonds is 3. The van der Waals surface area contributed by atoms with Crippen LogP contribution in [0.25, 0.3) is 0 Å². The molecule has 3 amide bonds. The Bertz CT molecular complexity index is 749. The van der Waals surface area contributed by atoms with Gasteiger partial charge in [0, 0.05) is 24.7 Å². The Kier molecular flexibility index (Phi) is 4.51. The Morgan fingerprint density at radius 2 is 1.88 bits per heavy atom. The number of hydrogen-bond donors (Lipinski definition) is 2. The number of carbonyl (C=O) groups is 3. The van der Waals surface area contributed by atoms with Gasteiger partial charge in [-0.3, -0.25) is 19.8 Å². The lowest BCUT2D eigenvalue weighted by Crippen LogP contribution is -2.49. The van der Waals surface area contributed by atoms with E-state index in [2.05, 4.69) is 15.7 Å². The van der Waals surface area contributed by atoms with Crippen LogP contribution in [-0.4, -0.2) is 29.3 Å². The van der Waals surface area contributed by atoms with Gasteiger partial charge in [-0.2, -0.15) is 5.01 Å². The van der Waals surface area contributed by atoms with Crippen LogP contribution < -0.4 is 15.8 Å². The second-order valence-corrected chi connectivity index (χ2v) is 5.38. The quantitative estimate of drug-likeness (QED) is 0.821. The highest BCUT2D eigenvalue weighted by Gasteiger charge is 2.31. The largest absolute Gasteiger partial charge is 0.355 e. The van der Waals surface area contributed by atoms with E-state index in [0.29, 0.717) is 11.4 Å². The van der Waals surface area contributed by atoms with Gasteiger partial charge in [0.1, 0.15) is 0 Å². The zero-order valence-corrected chi connectivity index (χ0v) is 12.8. The van der Waals surface area contributed by atoms with Crippen LogP contribution in [0.2, 0.25) is 0 Å². The molecule has 0 bridgehead atoms. The predicted molar refractivity (Wildman–Crippen MR) is 86.7 cm³/mol. The van der Waals surface area contributed by atoms with Crippen LogP contribution in [0.4, 0.5) is 5.82 Å². The number of benzene rings is 1. The van der Waals surface area contributed by atoms with Crippen LogP contribution in [0, 0.1) is 5.92 Å². The Morgan fingerprint density at radius 3 is 2.50 bits per heavy atom. The van der Waals surface area contributed by atoms with Gasteiger partial charge in [0.05, 0.1) is 5.92 Å². The molecule has 7 nitrogen and oxygen atoms in total. The monoisotopic (exact) mass is 324 g/mol.